The highest BCUT2D eigenvalue weighted by Gasteiger charge is 2.04. The average molecular weight is 263 g/mol. The van der Waals surface area contributed by atoms with E-state index < -0.39 is 0 Å². The molecule has 1 aromatic heterocycles. The first-order chi connectivity index (χ1) is 8.65. The molecule has 2 rings (SSSR count). The molecule has 0 N–H and O–H groups in total. The lowest BCUT2D eigenvalue weighted by molar-refractivity contribution is 0.321. The summed E-state index contributed by atoms with van der Waals surface area (Å²) in [4.78, 5) is 6.76. The van der Waals surface area contributed by atoms with Gasteiger partial charge in [-0.3, -0.25) is 4.98 Å². The predicted molar refractivity (Wildman–Crippen MR) is 78.0 cm³/mol. The van der Waals surface area contributed by atoms with E-state index in [4.69, 9.17) is 11.6 Å². The molecule has 0 aliphatic heterocycles. The number of benzene rings is 1. The summed E-state index contributed by atoms with van der Waals surface area (Å²) in [6.45, 7) is 3.96. The van der Waals surface area contributed by atoms with Gasteiger partial charge in [0.05, 0.1) is 5.52 Å². The summed E-state index contributed by atoms with van der Waals surface area (Å²) in [5.41, 5.74) is 2.30. The Balaban J connectivity index is 2.03. The van der Waals surface area contributed by atoms with Crippen molar-refractivity contribution < 1.29 is 0 Å². The highest BCUT2D eigenvalue weighted by molar-refractivity contribution is 6.20. The molecule has 1 aromatic carbocycles. The van der Waals surface area contributed by atoms with Gasteiger partial charge in [-0.1, -0.05) is 18.2 Å². The van der Waals surface area contributed by atoms with E-state index in [1.165, 1.54) is 10.9 Å². The Bertz CT molecular complexity index is 511. The van der Waals surface area contributed by atoms with Crippen molar-refractivity contribution in [2.45, 2.75) is 25.3 Å². The van der Waals surface area contributed by atoms with E-state index in [-0.39, 0.29) is 5.38 Å². The van der Waals surface area contributed by atoms with Gasteiger partial charge in [-0.25, -0.2) is 0 Å². The molecule has 0 fully saturated rings. The molecule has 0 aliphatic carbocycles. The number of hydrogen-bond acceptors (Lipinski definition) is 2. The van der Waals surface area contributed by atoms with Crippen LogP contribution in [0.3, 0.4) is 0 Å². The summed E-state index contributed by atoms with van der Waals surface area (Å²) < 4.78 is 0. The fourth-order valence-corrected chi connectivity index (χ4v) is 2.09. The number of alkyl halides is 1. The second-order valence-corrected chi connectivity index (χ2v) is 5.59. The number of fused-ring (bicyclic) bond motifs is 1. The van der Waals surface area contributed by atoms with Gasteiger partial charge in [0.1, 0.15) is 0 Å². The molecule has 0 spiro atoms. The molecule has 18 heavy (non-hydrogen) atoms. The lowest BCUT2D eigenvalue weighted by atomic mass is 10.1. The van der Waals surface area contributed by atoms with Crippen molar-refractivity contribution in [2.24, 2.45) is 0 Å². The van der Waals surface area contributed by atoms with Gasteiger partial charge in [-0.15, -0.1) is 11.6 Å². The van der Waals surface area contributed by atoms with Crippen molar-refractivity contribution in [3.05, 3.63) is 42.1 Å². The molecule has 96 valence electrons. The summed E-state index contributed by atoms with van der Waals surface area (Å²) in [5.74, 6) is 0. The lowest BCUT2D eigenvalue weighted by Gasteiger charge is -2.17. The van der Waals surface area contributed by atoms with Gasteiger partial charge >= 0.3 is 0 Å². The minimum Gasteiger partial charge on any atom is -0.302 e. The normalized spacial score (nSPS) is 13.1. The first-order valence-corrected chi connectivity index (χ1v) is 6.75. The van der Waals surface area contributed by atoms with Crippen molar-refractivity contribution in [1.29, 1.82) is 0 Å². The molecule has 0 aliphatic rings. The van der Waals surface area contributed by atoms with Crippen LogP contribution < -0.4 is 0 Å². The van der Waals surface area contributed by atoms with Crippen molar-refractivity contribution in [3.63, 3.8) is 0 Å². The number of aromatic nitrogens is 1. The number of hydrogen-bond donors (Lipinski definition) is 0. The zero-order valence-corrected chi connectivity index (χ0v) is 11.7. The number of rotatable bonds is 5. The lowest BCUT2D eigenvalue weighted by Crippen LogP contribution is -2.20. The first-order valence-electron chi connectivity index (χ1n) is 6.31. The standard InChI is InChI=1S/C15H19ClN2/c1-12(16)7-8-18(2)11-13-9-14-5-3-4-6-15(14)17-10-13/h3-6,9-10,12H,7-8,11H2,1-2H3. The molecule has 1 atom stereocenters. The van der Waals surface area contributed by atoms with Crippen LogP contribution in [0.5, 0.6) is 0 Å². The van der Waals surface area contributed by atoms with E-state index in [9.17, 15) is 0 Å². The van der Waals surface area contributed by atoms with Crippen molar-refractivity contribution >= 4 is 22.5 Å². The van der Waals surface area contributed by atoms with E-state index in [0.29, 0.717) is 0 Å². The van der Waals surface area contributed by atoms with Crippen LogP contribution in [0.2, 0.25) is 0 Å². The zero-order chi connectivity index (χ0) is 13.0. The van der Waals surface area contributed by atoms with E-state index in [1.807, 2.05) is 31.3 Å². The number of pyridine rings is 1. The predicted octanol–water partition coefficient (Wildman–Crippen LogP) is 3.68. The van der Waals surface area contributed by atoms with E-state index in [0.717, 1.165) is 25.0 Å². The van der Waals surface area contributed by atoms with Crippen LogP contribution in [0.25, 0.3) is 10.9 Å². The van der Waals surface area contributed by atoms with Crippen LogP contribution in [0.15, 0.2) is 36.5 Å². The molecule has 1 heterocycles. The smallest absolute Gasteiger partial charge is 0.0702 e. The Morgan fingerprint density at radius 2 is 2.11 bits per heavy atom. The molecule has 0 saturated carbocycles. The first kappa shape index (κ1) is 13.3. The molecule has 3 heteroatoms. The Labute approximate surface area is 114 Å². The van der Waals surface area contributed by atoms with Gasteiger partial charge in [-0.05, 0) is 44.6 Å². The molecule has 0 bridgehead atoms. The molecular weight excluding hydrogens is 244 g/mol. The maximum atomic E-state index is 5.96. The fraction of sp³-hybridized carbons (Fsp3) is 0.400. The van der Waals surface area contributed by atoms with Gasteiger partial charge < -0.3 is 4.90 Å². The van der Waals surface area contributed by atoms with Crippen molar-refractivity contribution in [1.82, 2.24) is 9.88 Å². The molecule has 2 nitrogen and oxygen atoms in total. The maximum absolute atomic E-state index is 5.96. The molecule has 0 saturated heterocycles. The van der Waals surface area contributed by atoms with Gasteiger partial charge in [0.25, 0.3) is 0 Å². The van der Waals surface area contributed by atoms with E-state index >= 15 is 0 Å². The number of halogens is 1. The van der Waals surface area contributed by atoms with Crippen LogP contribution in [-0.2, 0) is 6.54 Å². The van der Waals surface area contributed by atoms with Crippen LogP contribution in [0, 0.1) is 0 Å². The summed E-state index contributed by atoms with van der Waals surface area (Å²) in [5, 5.41) is 1.44. The molecular formula is C15H19ClN2. The second kappa shape index (κ2) is 6.17. The third kappa shape index (κ3) is 3.69. The Morgan fingerprint density at radius 1 is 1.33 bits per heavy atom. The monoisotopic (exact) mass is 262 g/mol. The topological polar surface area (TPSA) is 16.1 Å². The number of para-hydroxylation sites is 1. The van der Waals surface area contributed by atoms with Crippen molar-refractivity contribution in [3.8, 4) is 0 Å². The van der Waals surface area contributed by atoms with Gasteiger partial charge in [-0.2, -0.15) is 0 Å². The molecule has 0 amide bonds. The summed E-state index contributed by atoms with van der Waals surface area (Å²) in [7, 11) is 2.12. The number of nitrogens with zero attached hydrogens (tertiary/aromatic N) is 2. The average Bonchev–Trinajstić information content (AvgIpc) is 2.36. The van der Waals surface area contributed by atoms with Crippen LogP contribution in [0.1, 0.15) is 18.9 Å². The Hall–Kier alpha value is -1.12. The van der Waals surface area contributed by atoms with Crippen LogP contribution in [-0.4, -0.2) is 28.9 Å². The van der Waals surface area contributed by atoms with Gasteiger partial charge in [0, 0.05) is 23.5 Å². The van der Waals surface area contributed by atoms with Crippen molar-refractivity contribution in [2.75, 3.05) is 13.6 Å². The molecule has 2 aromatic rings. The van der Waals surface area contributed by atoms with Crippen LogP contribution >= 0.6 is 11.6 Å². The summed E-state index contributed by atoms with van der Waals surface area (Å²) in [6.07, 6.45) is 2.97. The highest BCUT2D eigenvalue weighted by atomic mass is 35.5. The maximum Gasteiger partial charge on any atom is 0.0702 e. The minimum atomic E-state index is 0.238. The Kier molecular flexibility index (Phi) is 4.56. The van der Waals surface area contributed by atoms with E-state index in [1.54, 1.807) is 0 Å². The minimum absolute atomic E-state index is 0.238. The third-order valence-electron chi connectivity index (χ3n) is 3.01. The summed E-state index contributed by atoms with van der Waals surface area (Å²) >= 11 is 5.96. The second-order valence-electron chi connectivity index (χ2n) is 4.84. The Morgan fingerprint density at radius 3 is 2.89 bits per heavy atom. The third-order valence-corrected chi connectivity index (χ3v) is 3.23. The fourth-order valence-electron chi connectivity index (χ4n) is 1.99. The summed E-state index contributed by atoms with van der Waals surface area (Å²) in [6, 6.07) is 10.4. The molecule has 1 unspecified atom stereocenters. The van der Waals surface area contributed by atoms with Gasteiger partial charge in [0.15, 0.2) is 0 Å². The largest absolute Gasteiger partial charge is 0.302 e. The molecule has 0 radical (unpaired) electrons. The SMILES string of the molecule is CC(Cl)CCN(C)Cc1cnc2ccccc2c1. The quantitative estimate of drug-likeness (QED) is 0.764. The zero-order valence-electron chi connectivity index (χ0n) is 10.9. The van der Waals surface area contributed by atoms with Gasteiger partial charge in [0.2, 0.25) is 0 Å². The van der Waals surface area contributed by atoms with Crippen LogP contribution in [0.4, 0.5) is 0 Å². The van der Waals surface area contributed by atoms with E-state index in [2.05, 4.69) is 29.1 Å². The highest BCUT2D eigenvalue weighted by Crippen LogP contribution is 2.14.